The van der Waals surface area contributed by atoms with E-state index < -0.39 is 47.9 Å². The van der Waals surface area contributed by atoms with Crippen LogP contribution < -0.4 is 38.9 Å². The maximum absolute atomic E-state index is 13.1. The first-order valence-corrected chi connectivity index (χ1v) is 13.1. The maximum Gasteiger partial charge on any atom is 0.326 e. The summed E-state index contributed by atoms with van der Waals surface area (Å²) in [7, 11) is 0. The second-order valence-electron chi connectivity index (χ2n) is 8.91. The van der Waals surface area contributed by atoms with Crippen LogP contribution in [0.4, 0.5) is 0 Å². The minimum Gasteiger partial charge on any atom is -0.508 e. The monoisotopic (exact) mass is 568 g/mol. The van der Waals surface area contributed by atoms with E-state index in [1.807, 2.05) is 0 Å². The lowest BCUT2D eigenvalue weighted by Gasteiger charge is -2.24. The fourth-order valence-corrected chi connectivity index (χ4v) is 3.75. The summed E-state index contributed by atoms with van der Waals surface area (Å²) in [6.07, 6.45) is 2.15. The fraction of sp³-hybridized carbons (Fsp3) is 0.542. The van der Waals surface area contributed by atoms with Gasteiger partial charge in [-0.05, 0) is 49.9 Å². The minimum absolute atomic E-state index is 0.0176. The third-order valence-corrected chi connectivity index (χ3v) is 6.06. The molecular weight excluding hydrogens is 528 g/mol. The van der Waals surface area contributed by atoms with Gasteiger partial charge in [0, 0.05) is 18.7 Å². The van der Waals surface area contributed by atoms with Crippen LogP contribution in [0.2, 0.25) is 0 Å². The number of carbonyl (C=O) groups excluding carboxylic acids is 3. The summed E-state index contributed by atoms with van der Waals surface area (Å²) in [5.41, 5.74) is 22.6. The highest BCUT2D eigenvalue weighted by atomic mass is 32.1. The molecule has 4 atom stereocenters. The number of thiol groups is 1. The number of carboxylic acid groups (broad SMARTS) is 1. The van der Waals surface area contributed by atoms with Gasteiger partial charge in [-0.2, -0.15) is 12.6 Å². The molecule has 0 fully saturated rings. The number of amides is 3. The number of aliphatic carboxylic acids is 1. The number of nitrogens with one attached hydrogen (secondary N) is 3. The van der Waals surface area contributed by atoms with Crippen molar-refractivity contribution in [1.29, 1.82) is 0 Å². The standard InChI is InChI=1S/C24H40N8O6S/c25-10-2-1-4-16(26)20(34)30-17(5-3-11-29-24(27)28)21(35)32-19(13-39)22(36)31-18(23(37)38)12-14-6-8-15(33)9-7-14/h6-9,16-19,33,39H,1-5,10-13,25-26H2,(H,30,34)(H,31,36)(H,32,35)(H,37,38)(H4,27,28,29). The SMILES string of the molecule is NCCCCC(N)C(=O)NC(CCCN=C(N)N)C(=O)NC(CS)C(=O)NC(Cc1ccc(O)cc1)C(=O)O. The number of nitrogens with zero attached hydrogens (tertiary/aromatic N) is 1. The quantitative estimate of drug-likeness (QED) is 0.0399. The number of phenols is 1. The van der Waals surface area contributed by atoms with Crippen LogP contribution in [0.25, 0.3) is 0 Å². The van der Waals surface area contributed by atoms with Gasteiger partial charge in [-0.1, -0.05) is 18.6 Å². The van der Waals surface area contributed by atoms with Crippen LogP contribution in [0.15, 0.2) is 29.3 Å². The Hall–Kier alpha value is -3.56. The molecule has 14 nitrogen and oxygen atoms in total. The summed E-state index contributed by atoms with van der Waals surface area (Å²) in [5, 5.41) is 26.5. The van der Waals surface area contributed by atoms with Gasteiger partial charge >= 0.3 is 5.97 Å². The molecule has 13 N–H and O–H groups in total. The third-order valence-electron chi connectivity index (χ3n) is 5.69. The number of carboxylic acids is 1. The van der Waals surface area contributed by atoms with Crippen molar-refractivity contribution >= 4 is 42.3 Å². The second-order valence-corrected chi connectivity index (χ2v) is 9.28. The molecule has 4 unspecified atom stereocenters. The summed E-state index contributed by atoms with van der Waals surface area (Å²) in [6.45, 7) is 0.674. The number of unbranched alkanes of at least 4 members (excludes halogenated alkanes) is 1. The second kappa shape index (κ2) is 17.9. The van der Waals surface area contributed by atoms with Crippen molar-refractivity contribution in [3.63, 3.8) is 0 Å². The summed E-state index contributed by atoms with van der Waals surface area (Å²) >= 11 is 4.13. The largest absolute Gasteiger partial charge is 0.508 e. The highest BCUT2D eigenvalue weighted by Gasteiger charge is 2.29. The number of phenolic OH excluding ortho intramolecular Hbond substituents is 1. The summed E-state index contributed by atoms with van der Waals surface area (Å²) in [6, 6.07) is 1.45. The van der Waals surface area contributed by atoms with Crippen LogP contribution in [0.1, 0.15) is 37.7 Å². The predicted octanol–water partition coefficient (Wildman–Crippen LogP) is -2.09. The summed E-state index contributed by atoms with van der Waals surface area (Å²) in [5.74, 6) is -3.51. The van der Waals surface area contributed by atoms with Crippen LogP contribution in [0.3, 0.4) is 0 Å². The first-order valence-electron chi connectivity index (χ1n) is 12.5. The van der Waals surface area contributed by atoms with Crippen molar-refractivity contribution < 1.29 is 29.4 Å². The molecule has 0 aliphatic carbocycles. The van der Waals surface area contributed by atoms with Crippen LogP contribution >= 0.6 is 12.6 Å². The molecule has 0 saturated heterocycles. The molecule has 0 saturated carbocycles. The Kier molecular flexibility index (Phi) is 15.3. The number of hydrogen-bond acceptors (Lipinski definition) is 9. The van der Waals surface area contributed by atoms with Gasteiger partial charge in [0.05, 0.1) is 6.04 Å². The van der Waals surface area contributed by atoms with Gasteiger partial charge in [0.1, 0.15) is 23.9 Å². The Labute approximate surface area is 232 Å². The molecule has 1 rings (SSSR count). The highest BCUT2D eigenvalue weighted by Crippen LogP contribution is 2.12. The van der Waals surface area contributed by atoms with E-state index in [-0.39, 0.29) is 36.8 Å². The Morgan fingerprint density at radius 2 is 1.46 bits per heavy atom. The van der Waals surface area contributed by atoms with E-state index in [4.69, 9.17) is 22.9 Å². The van der Waals surface area contributed by atoms with Gasteiger partial charge in [-0.15, -0.1) is 0 Å². The molecule has 0 aliphatic heterocycles. The zero-order valence-corrected chi connectivity index (χ0v) is 22.6. The number of benzene rings is 1. The minimum atomic E-state index is -1.30. The molecule has 3 amide bonds. The molecule has 0 radical (unpaired) electrons. The van der Waals surface area contributed by atoms with Crippen LogP contribution in [0.5, 0.6) is 5.75 Å². The number of rotatable bonds is 18. The first kappa shape index (κ1) is 33.5. The van der Waals surface area contributed by atoms with Gasteiger partial charge < -0.3 is 49.1 Å². The van der Waals surface area contributed by atoms with Crippen LogP contribution in [-0.4, -0.2) is 82.9 Å². The Morgan fingerprint density at radius 1 is 0.872 bits per heavy atom. The number of nitrogens with two attached hydrogens (primary N) is 4. The van der Waals surface area contributed by atoms with Crippen molar-refractivity contribution in [2.45, 2.75) is 62.7 Å². The molecule has 0 heterocycles. The lowest BCUT2D eigenvalue weighted by atomic mass is 10.0. The van der Waals surface area contributed by atoms with E-state index >= 15 is 0 Å². The Bertz CT molecular complexity index is 974. The summed E-state index contributed by atoms with van der Waals surface area (Å²) in [4.78, 5) is 54.2. The smallest absolute Gasteiger partial charge is 0.326 e. The Morgan fingerprint density at radius 3 is 2.03 bits per heavy atom. The molecule has 0 spiro atoms. The van der Waals surface area contributed by atoms with Gasteiger partial charge in [-0.3, -0.25) is 19.4 Å². The normalized spacial score (nSPS) is 13.8. The van der Waals surface area contributed by atoms with E-state index in [0.29, 0.717) is 37.8 Å². The molecule has 15 heteroatoms. The van der Waals surface area contributed by atoms with Crippen molar-refractivity contribution in [2.24, 2.45) is 27.9 Å². The van der Waals surface area contributed by atoms with E-state index in [1.54, 1.807) is 0 Å². The van der Waals surface area contributed by atoms with Crippen molar-refractivity contribution in [3.8, 4) is 5.75 Å². The van der Waals surface area contributed by atoms with Gasteiger partial charge in [0.15, 0.2) is 5.96 Å². The molecule has 0 aliphatic rings. The average molecular weight is 569 g/mol. The third kappa shape index (κ3) is 13.2. The number of guanidine groups is 1. The number of hydrogen-bond donors (Lipinski definition) is 10. The molecule has 39 heavy (non-hydrogen) atoms. The van der Waals surface area contributed by atoms with E-state index in [0.717, 1.165) is 0 Å². The van der Waals surface area contributed by atoms with E-state index in [2.05, 4.69) is 33.6 Å². The van der Waals surface area contributed by atoms with Crippen LogP contribution in [-0.2, 0) is 25.6 Å². The zero-order chi connectivity index (χ0) is 29.4. The highest BCUT2D eigenvalue weighted by molar-refractivity contribution is 7.80. The topological polar surface area (TPSA) is 261 Å². The van der Waals surface area contributed by atoms with Gasteiger partial charge in [-0.25, -0.2) is 4.79 Å². The molecule has 0 bridgehead atoms. The lowest BCUT2D eigenvalue weighted by Crippen LogP contribution is -2.57. The molecular formula is C24H40N8O6S. The summed E-state index contributed by atoms with van der Waals surface area (Å²) < 4.78 is 0. The average Bonchev–Trinajstić information content (AvgIpc) is 2.89. The predicted molar refractivity (Wildman–Crippen MR) is 150 cm³/mol. The van der Waals surface area contributed by atoms with Crippen molar-refractivity contribution in [1.82, 2.24) is 16.0 Å². The molecule has 1 aromatic carbocycles. The van der Waals surface area contributed by atoms with Crippen molar-refractivity contribution in [2.75, 3.05) is 18.8 Å². The number of carbonyl (C=O) groups is 4. The number of aliphatic imine (C=N–C) groups is 1. The first-order chi connectivity index (χ1) is 18.5. The zero-order valence-electron chi connectivity index (χ0n) is 21.7. The van der Waals surface area contributed by atoms with Gasteiger partial charge in [0.2, 0.25) is 17.7 Å². The Balaban J connectivity index is 2.90. The maximum atomic E-state index is 13.1. The van der Waals surface area contributed by atoms with Crippen molar-refractivity contribution in [3.05, 3.63) is 29.8 Å². The van der Waals surface area contributed by atoms with E-state index in [9.17, 15) is 29.4 Å². The van der Waals surface area contributed by atoms with E-state index in [1.165, 1.54) is 24.3 Å². The number of aromatic hydroxyl groups is 1. The van der Waals surface area contributed by atoms with Crippen LogP contribution in [0, 0.1) is 0 Å². The van der Waals surface area contributed by atoms with Gasteiger partial charge in [0.25, 0.3) is 0 Å². The fourth-order valence-electron chi connectivity index (χ4n) is 3.50. The molecule has 1 aromatic rings. The molecule has 0 aromatic heterocycles. The molecule has 218 valence electrons. The lowest BCUT2D eigenvalue weighted by molar-refractivity contribution is -0.142.